The van der Waals surface area contributed by atoms with Crippen molar-refractivity contribution in [2.24, 2.45) is 0 Å². The topological polar surface area (TPSA) is 66.8 Å². The van der Waals surface area contributed by atoms with E-state index in [0.717, 1.165) is 38.5 Å². The van der Waals surface area contributed by atoms with Gasteiger partial charge in [0.2, 0.25) is 0 Å². The zero-order chi connectivity index (χ0) is 17.0. The maximum atomic E-state index is 12.1. The molecule has 0 radical (unpaired) electrons. The van der Waals surface area contributed by atoms with E-state index in [1.807, 2.05) is 0 Å². The number of rotatable bonds is 5. The summed E-state index contributed by atoms with van der Waals surface area (Å²) in [4.78, 5) is 19.7. The van der Waals surface area contributed by atoms with Gasteiger partial charge in [0.05, 0.1) is 17.0 Å². The molecule has 4 nitrogen and oxygen atoms in total. The summed E-state index contributed by atoms with van der Waals surface area (Å²) in [7, 11) is -6.54. The first-order chi connectivity index (χ1) is 11.5. The predicted molar refractivity (Wildman–Crippen MR) is 101 cm³/mol. The lowest BCUT2D eigenvalue weighted by atomic mass is 9.99. The molecule has 6 heteroatoms. The van der Waals surface area contributed by atoms with E-state index in [1.54, 1.807) is 0 Å². The van der Waals surface area contributed by atoms with E-state index in [1.165, 1.54) is 57.8 Å². The van der Waals surface area contributed by atoms with Gasteiger partial charge in [-0.25, -0.2) is 4.57 Å². The van der Waals surface area contributed by atoms with E-state index in [-0.39, 0.29) is 0 Å². The molecule has 3 rings (SSSR count). The van der Waals surface area contributed by atoms with Crippen LogP contribution in [0.15, 0.2) is 0 Å². The summed E-state index contributed by atoms with van der Waals surface area (Å²) in [6.07, 6.45) is 18.0. The molecule has 2 N–H and O–H groups in total. The summed E-state index contributed by atoms with van der Waals surface area (Å²) in [5.41, 5.74) is 1.35. The monoisotopic (exact) mass is 377 g/mol. The lowest BCUT2D eigenvalue weighted by molar-refractivity contribution is 0.277. The molecule has 24 heavy (non-hydrogen) atoms. The van der Waals surface area contributed by atoms with Crippen LogP contribution < -0.4 is 0 Å². The van der Waals surface area contributed by atoms with Crippen LogP contribution in [0, 0.1) is 0 Å². The summed E-state index contributed by atoms with van der Waals surface area (Å²) in [5.74, 6) is 0. The number of hydrogen-bond donors (Lipinski definition) is 2. The molecule has 0 aromatic carbocycles. The van der Waals surface area contributed by atoms with Crippen LogP contribution in [0.25, 0.3) is 0 Å². The summed E-state index contributed by atoms with van der Waals surface area (Å²) < 4.78 is 18.1. The average Bonchev–Trinajstić information content (AvgIpc) is 2.61. The van der Waals surface area contributed by atoms with Crippen molar-refractivity contribution in [2.45, 2.75) is 113 Å². The van der Waals surface area contributed by atoms with E-state index < -0.39 is 15.3 Å². The highest BCUT2D eigenvalue weighted by molar-refractivity contribution is 7.78. The molecule has 0 aliphatic heterocycles. The third-order valence-electron chi connectivity index (χ3n) is 6.68. The van der Waals surface area contributed by atoms with Crippen molar-refractivity contribution < 1.29 is 18.7 Å². The van der Waals surface area contributed by atoms with Gasteiger partial charge in [0.15, 0.2) is 7.49 Å². The van der Waals surface area contributed by atoms with E-state index >= 15 is 0 Å². The Morgan fingerprint density at radius 2 is 0.917 bits per heavy atom. The molecular weight excluding hydrogens is 342 g/mol. The molecular formula is C18H35O4P2+. The van der Waals surface area contributed by atoms with Gasteiger partial charge in [0.25, 0.3) is 0 Å². The first kappa shape index (κ1) is 19.3. The van der Waals surface area contributed by atoms with Gasteiger partial charge in [-0.15, -0.1) is 4.31 Å². The van der Waals surface area contributed by atoms with Gasteiger partial charge in [0.1, 0.15) is 0 Å². The fraction of sp³-hybridized carbons (Fsp3) is 1.00. The highest BCUT2D eigenvalue weighted by Gasteiger charge is 2.62. The third-order valence-corrected chi connectivity index (χ3v) is 13.6. The SMILES string of the molecule is O=P(O)(O)O[P+](C1CCCCC1)(C1CCCCC1)C1CCCCC1. The summed E-state index contributed by atoms with van der Waals surface area (Å²) >= 11 is 0. The van der Waals surface area contributed by atoms with E-state index in [2.05, 4.69) is 0 Å². The lowest BCUT2D eigenvalue weighted by Crippen LogP contribution is -2.36. The van der Waals surface area contributed by atoms with Gasteiger partial charge in [-0.3, -0.25) is 0 Å². The van der Waals surface area contributed by atoms with Gasteiger partial charge >= 0.3 is 7.82 Å². The van der Waals surface area contributed by atoms with Crippen molar-refractivity contribution >= 4 is 15.3 Å². The van der Waals surface area contributed by atoms with Crippen LogP contribution in [-0.2, 0) is 8.88 Å². The minimum atomic E-state index is -4.44. The number of hydrogen-bond acceptors (Lipinski definition) is 2. The maximum Gasteiger partial charge on any atom is 0.503 e. The largest absolute Gasteiger partial charge is 0.503 e. The molecule has 0 heterocycles. The van der Waals surface area contributed by atoms with Crippen LogP contribution >= 0.6 is 15.3 Å². The Kier molecular flexibility index (Phi) is 6.83. The Hall–Kier alpha value is 0.540. The first-order valence-electron chi connectivity index (χ1n) is 10.2. The Morgan fingerprint density at radius 3 is 1.17 bits per heavy atom. The van der Waals surface area contributed by atoms with E-state index in [0.29, 0.717) is 17.0 Å². The van der Waals surface area contributed by atoms with Crippen LogP contribution in [-0.4, -0.2) is 26.8 Å². The van der Waals surface area contributed by atoms with E-state index in [9.17, 15) is 14.4 Å². The van der Waals surface area contributed by atoms with Gasteiger partial charge in [-0.1, -0.05) is 19.3 Å². The molecule has 140 valence electrons. The van der Waals surface area contributed by atoms with Gasteiger partial charge in [0, 0.05) is 0 Å². The quantitative estimate of drug-likeness (QED) is 0.574. The predicted octanol–water partition coefficient (Wildman–Crippen LogP) is 6.03. The molecule has 0 bridgehead atoms. The van der Waals surface area contributed by atoms with Crippen LogP contribution in [0.4, 0.5) is 0 Å². The molecule has 0 spiro atoms. The highest BCUT2D eigenvalue weighted by Crippen LogP contribution is 2.82. The van der Waals surface area contributed by atoms with Crippen molar-refractivity contribution in [1.82, 2.24) is 0 Å². The summed E-state index contributed by atoms with van der Waals surface area (Å²) in [5, 5.41) is 0. The Morgan fingerprint density at radius 1 is 0.625 bits per heavy atom. The summed E-state index contributed by atoms with van der Waals surface area (Å²) in [6.45, 7) is 0. The standard InChI is InChI=1S/C18H34O4P2/c19-24(20,21)22-23(16-10-4-1-5-11-16,17-12-6-2-7-13-17)18-14-8-3-9-15-18/h16-18H,1-15H2,(H-,19,20,21)/p+1. The fourth-order valence-corrected chi connectivity index (χ4v) is 14.1. The smallest absolute Gasteiger partial charge is 0.301 e. The maximum absolute atomic E-state index is 12.1. The van der Waals surface area contributed by atoms with Crippen LogP contribution in [0.5, 0.6) is 0 Å². The van der Waals surface area contributed by atoms with Crippen LogP contribution in [0.1, 0.15) is 96.3 Å². The minimum absolute atomic E-state index is 0.449. The van der Waals surface area contributed by atoms with Crippen molar-refractivity contribution in [1.29, 1.82) is 0 Å². The second kappa shape index (κ2) is 8.49. The second-order valence-corrected chi connectivity index (χ2v) is 13.6. The normalized spacial score (nSPS) is 26.6. The Bertz CT molecular complexity index is 387. The zero-order valence-corrected chi connectivity index (χ0v) is 16.7. The molecule has 3 aliphatic carbocycles. The zero-order valence-electron chi connectivity index (χ0n) is 14.9. The minimum Gasteiger partial charge on any atom is -0.301 e. The molecule has 0 atom stereocenters. The molecule has 0 aromatic heterocycles. The van der Waals surface area contributed by atoms with Crippen LogP contribution in [0.3, 0.4) is 0 Å². The average molecular weight is 377 g/mol. The summed E-state index contributed by atoms with van der Waals surface area (Å²) in [6, 6.07) is 0. The lowest BCUT2D eigenvalue weighted by Gasteiger charge is -2.46. The van der Waals surface area contributed by atoms with Crippen LogP contribution in [0.2, 0.25) is 0 Å². The molecule has 3 aliphatic rings. The Labute approximate surface area is 147 Å². The first-order valence-corrected chi connectivity index (χ1v) is 13.6. The molecule has 3 fully saturated rings. The van der Waals surface area contributed by atoms with Gasteiger partial charge in [-0.2, -0.15) is 0 Å². The van der Waals surface area contributed by atoms with Crippen molar-refractivity contribution in [3.05, 3.63) is 0 Å². The van der Waals surface area contributed by atoms with Crippen molar-refractivity contribution in [3.63, 3.8) is 0 Å². The van der Waals surface area contributed by atoms with Gasteiger partial charge < -0.3 is 9.79 Å². The van der Waals surface area contributed by atoms with Gasteiger partial charge in [-0.05, 0) is 77.0 Å². The fourth-order valence-electron chi connectivity index (χ4n) is 5.73. The molecule has 0 aromatic rings. The van der Waals surface area contributed by atoms with Crippen molar-refractivity contribution in [3.8, 4) is 0 Å². The number of phosphoric acid groups is 1. The van der Waals surface area contributed by atoms with Crippen molar-refractivity contribution in [2.75, 3.05) is 0 Å². The molecule has 0 amide bonds. The Balaban J connectivity index is 1.97. The third kappa shape index (κ3) is 4.44. The molecule has 0 saturated heterocycles. The molecule has 0 unspecified atom stereocenters. The van der Waals surface area contributed by atoms with E-state index in [4.69, 9.17) is 4.31 Å². The highest BCUT2D eigenvalue weighted by atomic mass is 31.3. The molecule has 3 saturated carbocycles. The second-order valence-electron chi connectivity index (χ2n) is 8.21.